The number of rotatable bonds is 1. The molecule has 1 saturated heterocycles. The van der Waals surface area contributed by atoms with Crippen LogP contribution in [-0.4, -0.2) is 19.1 Å². The largest absolute Gasteiger partial charge is 0.368 e. The highest BCUT2D eigenvalue weighted by Gasteiger charge is 2.36. The van der Waals surface area contributed by atoms with Crippen LogP contribution >= 0.6 is 15.9 Å². The highest BCUT2D eigenvalue weighted by Crippen LogP contribution is 2.40. The van der Waals surface area contributed by atoms with Crippen LogP contribution in [0.5, 0.6) is 0 Å². The zero-order valence-corrected chi connectivity index (χ0v) is 10.9. The Balaban J connectivity index is 1.97. The van der Waals surface area contributed by atoms with Crippen molar-refractivity contribution in [3.8, 4) is 0 Å². The first-order valence-electron chi connectivity index (χ1n) is 6.04. The highest BCUT2D eigenvalue weighted by molar-refractivity contribution is 9.10. The molecule has 86 valence electrons. The predicted octanol–water partition coefficient (Wildman–Crippen LogP) is 2.55. The summed E-state index contributed by atoms with van der Waals surface area (Å²) in [6.45, 7) is 2.03. The van der Waals surface area contributed by atoms with Crippen molar-refractivity contribution in [3.05, 3.63) is 28.2 Å². The van der Waals surface area contributed by atoms with Crippen molar-refractivity contribution in [2.45, 2.75) is 25.3 Å². The normalized spacial score (nSPS) is 27.8. The Morgan fingerprint density at radius 2 is 2.31 bits per heavy atom. The average molecular weight is 281 g/mol. The third kappa shape index (κ3) is 1.57. The number of halogens is 1. The van der Waals surface area contributed by atoms with Crippen molar-refractivity contribution >= 4 is 21.6 Å². The SMILES string of the molecule is NCC1CCCN2c3cc(Br)ccc3CC12. The minimum absolute atomic E-state index is 0.656. The number of anilines is 1. The van der Waals surface area contributed by atoms with Crippen molar-refractivity contribution in [2.75, 3.05) is 18.0 Å². The lowest BCUT2D eigenvalue weighted by Gasteiger charge is -2.38. The summed E-state index contributed by atoms with van der Waals surface area (Å²) in [6.07, 6.45) is 3.77. The lowest BCUT2D eigenvalue weighted by Crippen LogP contribution is -2.45. The molecule has 3 rings (SSSR count). The molecule has 2 N–H and O–H groups in total. The fourth-order valence-electron chi connectivity index (χ4n) is 3.19. The zero-order chi connectivity index (χ0) is 11.1. The van der Waals surface area contributed by atoms with Gasteiger partial charge in [0.1, 0.15) is 0 Å². The number of nitrogens with two attached hydrogens (primary N) is 1. The monoisotopic (exact) mass is 280 g/mol. The van der Waals surface area contributed by atoms with E-state index in [1.165, 1.54) is 41.5 Å². The van der Waals surface area contributed by atoms with Crippen LogP contribution in [0.4, 0.5) is 5.69 Å². The Labute approximate surface area is 105 Å². The van der Waals surface area contributed by atoms with Gasteiger partial charge in [-0.05, 0) is 49.4 Å². The van der Waals surface area contributed by atoms with E-state index in [-0.39, 0.29) is 0 Å². The van der Waals surface area contributed by atoms with Gasteiger partial charge in [0.05, 0.1) is 0 Å². The van der Waals surface area contributed by atoms with Crippen molar-refractivity contribution < 1.29 is 0 Å². The van der Waals surface area contributed by atoms with Gasteiger partial charge in [-0.15, -0.1) is 0 Å². The molecule has 2 nitrogen and oxygen atoms in total. The topological polar surface area (TPSA) is 29.3 Å². The van der Waals surface area contributed by atoms with Gasteiger partial charge in [-0.1, -0.05) is 22.0 Å². The third-order valence-corrected chi connectivity index (χ3v) is 4.50. The molecule has 2 heterocycles. The molecule has 3 heteroatoms. The van der Waals surface area contributed by atoms with Crippen LogP contribution in [0.15, 0.2) is 22.7 Å². The number of piperidine rings is 1. The van der Waals surface area contributed by atoms with Gasteiger partial charge >= 0.3 is 0 Å². The van der Waals surface area contributed by atoms with E-state index in [0.29, 0.717) is 12.0 Å². The minimum Gasteiger partial charge on any atom is -0.368 e. The van der Waals surface area contributed by atoms with Gasteiger partial charge in [0.2, 0.25) is 0 Å². The number of hydrogen-bond donors (Lipinski definition) is 1. The molecule has 1 aromatic rings. The molecular weight excluding hydrogens is 264 g/mol. The van der Waals surface area contributed by atoms with Crippen LogP contribution in [0.1, 0.15) is 18.4 Å². The Morgan fingerprint density at radius 3 is 3.12 bits per heavy atom. The van der Waals surface area contributed by atoms with Crippen LogP contribution in [0.3, 0.4) is 0 Å². The van der Waals surface area contributed by atoms with Crippen molar-refractivity contribution in [1.82, 2.24) is 0 Å². The standard InChI is InChI=1S/C13H17BrN2/c14-11-4-3-9-6-12-10(8-15)2-1-5-16(12)13(9)7-11/h3-4,7,10,12H,1-2,5-6,8,15H2. The Hall–Kier alpha value is -0.540. The summed E-state index contributed by atoms with van der Waals surface area (Å²) in [5.41, 5.74) is 8.81. The number of nitrogens with zero attached hydrogens (tertiary/aromatic N) is 1. The Morgan fingerprint density at radius 1 is 1.44 bits per heavy atom. The van der Waals surface area contributed by atoms with Gasteiger partial charge in [0, 0.05) is 22.7 Å². The number of hydrogen-bond acceptors (Lipinski definition) is 2. The summed E-state index contributed by atoms with van der Waals surface area (Å²) >= 11 is 3.56. The molecular formula is C13H17BrN2. The maximum absolute atomic E-state index is 5.89. The molecule has 2 aliphatic rings. The molecule has 0 saturated carbocycles. The van der Waals surface area contributed by atoms with E-state index in [4.69, 9.17) is 5.73 Å². The maximum Gasteiger partial charge on any atom is 0.0413 e. The molecule has 2 atom stereocenters. The van der Waals surface area contributed by atoms with Crippen LogP contribution < -0.4 is 10.6 Å². The van der Waals surface area contributed by atoms with Gasteiger partial charge in [-0.2, -0.15) is 0 Å². The number of fused-ring (bicyclic) bond motifs is 3. The molecule has 0 bridgehead atoms. The molecule has 16 heavy (non-hydrogen) atoms. The van der Waals surface area contributed by atoms with E-state index in [1.807, 2.05) is 0 Å². The molecule has 0 aromatic heterocycles. The summed E-state index contributed by atoms with van der Waals surface area (Å²) in [6, 6.07) is 7.32. The second-order valence-electron chi connectivity index (χ2n) is 4.88. The molecule has 0 aliphatic carbocycles. The third-order valence-electron chi connectivity index (χ3n) is 4.01. The van der Waals surface area contributed by atoms with Gasteiger partial charge < -0.3 is 10.6 Å². The average Bonchev–Trinajstić information content (AvgIpc) is 2.67. The van der Waals surface area contributed by atoms with Crippen LogP contribution in [-0.2, 0) is 6.42 Å². The van der Waals surface area contributed by atoms with Crippen LogP contribution in [0, 0.1) is 5.92 Å². The lowest BCUT2D eigenvalue weighted by molar-refractivity contribution is 0.339. The summed E-state index contributed by atoms with van der Waals surface area (Å²) in [7, 11) is 0. The van der Waals surface area contributed by atoms with E-state index in [0.717, 1.165) is 6.54 Å². The van der Waals surface area contributed by atoms with Crippen molar-refractivity contribution in [2.24, 2.45) is 11.7 Å². The first-order chi connectivity index (χ1) is 7.79. The summed E-state index contributed by atoms with van der Waals surface area (Å²) < 4.78 is 1.18. The first-order valence-corrected chi connectivity index (χ1v) is 6.84. The molecule has 0 radical (unpaired) electrons. The predicted molar refractivity (Wildman–Crippen MR) is 70.8 cm³/mol. The fraction of sp³-hybridized carbons (Fsp3) is 0.538. The van der Waals surface area contributed by atoms with Crippen molar-refractivity contribution in [3.63, 3.8) is 0 Å². The molecule has 0 spiro atoms. The van der Waals surface area contributed by atoms with E-state index in [1.54, 1.807) is 0 Å². The lowest BCUT2D eigenvalue weighted by atomic mass is 9.89. The van der Waals surface area contributed by atoms with Gasteiger partial charge in [0.25, 0.3) is 0 Å². The summed E-state index contributed by atoms with van der Waals surface area (Å²) in [5.74, 6) is 0.680. The van der Waals surface area contributed by atoms with Crippen LogP contribution in [0.25, 0.3) is 0 Å². The maximum atomic E-state index is 5.89. The van der Waals surface area contributed by atoms with Gasteiger partial charge in [-0.3, -0.25) is 0 Å². The van der Waals surface area contributed by atoms with E-state index < -0.39 is 0 Å². The summed E-state index contributed by atoms with van der Waals surface area (Å²) in [5, 5.41) is 0. The molecule has 2 aliphatic heterocycles. The van der Waals surface area contributed by atoms with E-state index in [9.17, 15) is 0 Å². The highest BCUT2D eigenvalue weighted by atomic mass is 79.9. The van der Waals surface area contributed by atoms with E-state index in [2.05, 4.69) is 39.0 Å². The first kappa shape index (κ1) is 10.6. The molecule has 1 aromatic carbocycles. The van der Waals surface area contributed by atoms with E-state index >= 15 is 0 Å². The van der Waals surface area contributed by atoms with Crippen LogP contribution in [0.2, 0.25) is 0 Å². The number of benzene rings is 1. The second kappa shape index (κ2) is 4.04. The molecule has 2 unspecified atom stereocenters. The second-order valence-corrected chi connectivity index (χ2v) is 5.79. The van der Waals surface area contributed by atoms with Gasteiger partial charge in [0.15, 0.2) is 0 Å². The Bertz CT molecular complexity index is 405. The summed E-state index contributed by atoms with van der Waals surface area (Å²) in [4.78, 5) is 2.57. The van der Waals surface area contributed by atoms with Gasteiger partial charge in [-0.25, -0.2) is 0 Å². The van der Waals surface area contributed by atoms with Crippen molar-refractivity contribution in [1.29, 1.82) is 0 Å². The smallest absolute Gasteiger partial charge is 0.0413 e. The quantitative estimate of drug-likeness (QED) is 0.857. The minimum atomic E-state index is 0.656. The Kier molecular flexibility index (Phi) is 2.68. The zero-order valence-electron chi connectivity index (χ0n) is 9.32. The fourth-order valence-corrected chi connectivity index (χ4v) is 3.54. The molecule has 0 amide bonds. The molecule has 1 fully saturated rings.